The Hall–Kier alpha value is -3.59. The molecule has 0 aromatic rings. The highest BCUT2D eigenvalue weighted by molar-refractivity contribution is 7.47. The van der Waals surface area contributed by atoms with E-state index in [4.69, 9.17) is 18.5 Å². The Bertz CT molecular complexity index is 1390. The van der Waals surface area contributed by atoms with Crippen LogP contribution in [0.5, 0.6) is 0 Å². The van der Waals surface area contributed by atoms with E-state index in [1.54, 1.807) is 19.0 Å². The van der Waals surface area contributed by atoms with Crippen molar-refractivity contribution >= 4 is 19.8 Å². The summed E-state index contributed by atoms with van der Waals surface area (Å²) in [7, 11) is -0.792. The molecule has 0 aliphatic rings. The Morgan fingerprint density at radius 2 is 0.983 bits per heavy atom. The van der Waals surface area contributed by atoms with Crippen LogP contribution in [0.25, 0.3) is 0 Å². The number of hydrogen-bond donors (Lipinski definition) is 1. The van der Waals surface area contributed by atoms with Gasteiger partial charge >= 0.3 is 19.8 Å². The number of ether oxygens (including phenoxy) is 2. The number of esters is 2. The summed E-state index contributed by atoms with van der Waals surface area (Å²) >= 11 is 0. The van der Waals surface area contributed by atoms with Gasteiger partial charge in [0.15, 0.2) is 6.10 Å². The van der Waals surface area contributed by atoms with Crippen LogP contribution in [-0.2, 0) is 32.7 Å². The van der Waals surface area contributed by atoms with Crippen molar-refractivity contribution in [2.75, 3.05) is 40.5 Å². The fraction of sp³-hybridized carbons (Fsp3) is 0.551. The summed E-state index contributed by atoms with van der Waals surface area (Å²) in [5.74, 6) is -0.982. The van der Waals surface area contributed by atoms with E-state index >= 15 is 0 Å². The quantitative estimate of drug-likeness (QED) is 0.0281. The van der Waals surface area contributed by atoms with E-state index in [2.05, 4.69) is 117 Å². The largest absolute Gasteiger partial charge is 0.472 e. The van der Waals surface area contributed by atoms with Crippen LogP contribution in [0.2, 0.25) is 0 Å². The highest BCUT2D eigenvalue weighted by Gasteiger charge is 2.26. The average Bonchev–Trinajstić information content (AvgIpc) is 3.20. The molecule has 0 aliphatic heterocycles. The third kappa shape index (κ3) is 43.8. The summed E-state index contributed by atoms with van der Waals surface area (Å²) in [4.78, 5) is 37.0. The van der Waals surface area contributed by atoms with Gasteiger partial charge in [0.05, 0.1) is 13.2 Å². The Morgan fingerprint density at radius 3 is 1.44 bits per heavy atom. The molecule has 0 aromatic heterocycles. The first-order chi connectivity index (χ1) is 28.7. The van der Waals surface area contributed by atoms with Crippen molar-refractivity contribution in [1.29, 1.82) is 0 Å². The summed E-state index contributed by atoms with van der Waals surface area (Å²) in [6.45, 7) is 3.99. The molecule has 1 N–H and O–H groups in total. The van der Waals surface area contributed by atoms with Crippen molar-refractivity contribution in [2.45, 2.75) is 136 Å². The van der Waals surface area contributed by atoms with Gasteiger partial charge in [0, 0.05) is 19.4 Å². The third-order valence-corrected chi connectivity index (χ3v) is 9.25. The number of rotatable bonds is 38. The number of nitrogens with zero attached hydrogens (tertiary/aromatic N) is 1. The summed E-state index contributed by atoms with van der Waals surface area (Å²) in [6, 6.07) is 0. The Morgan fingerprint density at radius 1 is 0.542 bits per heavy atom. The van der Waals surface area contributed by atoms with E-state index < -0.39 is 32.5 Å². The predicted molar refractivity (Wildman–Crippen MR) is 247 cm³/mol. The molecule has 332 valence electrons. The molecule has 0 heterocycles. The van der Waals surface area contributed by atoms with Gasteiger partial charge in [0.2, 0.25) is 0 Å². The maximum absolute atomic E-state index is 12.6. The minimum atomic E-state index is -4.40. The number of hydrogen-bond acceptors (Lipinski definition) is 8. The number of carbonyl (C=O) groups excluding carboxylic acids is 2. The molecule has 0 aliphatic carbocycles. The molecule has 10 heteroatoms. The molecule has 59 heavy (non-hydrogen) atoms. The topological polar surface area (TPSA) is 112 Å². The number of phosphoric ester groups is 1. The van der Waals surface area contributed by atoms with Gasteiger partial charge in [-0.3, -0.25) is 18.6 Å². The lowest BCUT2D eigenvalue weighted by Gasteiger charge is -2.20. The average molecular weight is 840 g/mol. The van der Waals surface area contributed by atoms with Gasteiger partial charge in [0.25, 0.3) is 0 Å². The molecule has 0 aromatic carbocycles. The first-order valence-corrected chi connectivity index (χ1v) is 23.3. The molecule has 0 bridgehead atoms. The zero-order valence-electron chi connectivity index (χ0n) is 36.9. The zero-order chi connectivity index (χ0) is 43.3. The molecule has 0 fully saturated rings. The minimum absolute atomic E-state index is 0.0223. The number of unbranched alkanes of at least 4 members (excludes halogenated alkanes) is 4. The van der Waals surface area contributed by atoms with Crippen LogP contribution < -0.4 is 0 Å². The van der Waals surface area contributed by atoms with Gasteiger partial charge in [-0.2, -0.15) is 0 Å². The Balaban J connectivity index is 4.55. The van der Waals surface area contributed by atoms with Crippen molar-refractivity contribution in [1.82, 2.24) is 4.90 Å². The second-order valence-electron chi connectivity index (χ2n) is 14.1. The molecule has 0 saturated heterocycles. The van der Waals surface area contributed by atoms with Crippen LogP contribution in [-0.4, -0.2) is 68.3 Å². The van der Waals surface area contributed by atoms with Crippen LogP contribution >= 0.6 is 7.82 Å². The van der Waals surface area contributed by atoms with Gasteiger partial charge < -0.3 is 19.3 Å². The summed E-state index contributed by atoms with van der Waals surface area (Å²) < 4.78 is 33.3. The Kier molecular flexibility index (Phi) is 39.9. The lowest BCUT2D eigenvalue weighted by molar-refractivity contribution is -0.161. The first kappa shape index (κ1) is 55.4. The van der Waals surface area contributed by atoms with E-state index in [-0.39, 0.29) is 26.1 Å². The van der Waals surface area contributed by atoms with E-state index in [1.807, 2.05) is 18.2 Å². The van der Waals surface area contributed by atoms with Crippen molar-refractivity contribution in [2.24, 2.45) is 0 Å². The monoisotopic (exact) mass is 840 g/mol. The molecule has 0 rings (SSSR count). The highest BCUT2D eigenvalue weighted by Crippen LogP contribution is 2.43. The Labute approximate surface area is 358 Å². The molecule has 0 amide bonds. The molecule has 9 nitrogen and oxygen atoms in total. The molecular weight excluding hydrogens is 762 g/mol. The third-order valence-electron chi connectivity index (χ3n) is 8.27. The normalized spacial score (nSPS) is 14.5. The smallest absolute Gasteiger partial charge is 0.462 e. The first-order valence-electron chi connectivity index (χ1n) is 21.8. The van der Waals surface area contributed by atoms with Gasteiger partial charge in [0.1, 0.15) is 6.61 Å². The summed E-state index contributed by atoms with van der Waals surface area (Å²) in [5.41, 5.74) is 0. The maximum atomic E-state index is 12.6. The van der Waals surface area contributed by atoms with E-state index in [0.717, 1.165) is 64.2 Å². The standard InChI is InChI=1S/C49H78NO8P/c1-5-7-9-11-13-15-17-19-21-23-24-26-28-30-32-34-36-38-40-42-49(52)58-47(46-57-59(53,54)56-44-43-50(3)4)45-55-48(51)41-39-37-35-33-31-29-27-25-22-20-18-16-14-12-10-8-6-2/h8,10,13-16,19-22,24,26-27,29-30,32-33,35-36,38,47H,5-7,9,11-12,17-18,23,25,28,31,34,37,39-46H2,1-4H3,(H,53,54)/b10-8-,15-13-,16-14-,21-19-,22-20-,26-24-,29-27-,32-30-,35-33-,38-36-. The van der Waals surface area contributed by atoms with Crippen LogP contribution in [0.15, 0.2) is 122 Å². The van der Waals surface area contributed by atoms with Gasteiger partial charge in [-0.1, -0.05) is 148 Å². The van der Waals surface area contributed by atoms with Crippen LogP contribution in [0.1, 0.15) is 129 Å². The number of allylic oxidation sites excluding steroid dienone is 20. The second-order valence-corrected chi connectivity index (χ2v) is 15.6. The second kappa shape index (κ2) is 42.5. The zero-order valence-corrected chi connectivity index (χ0v) is 37.8. The van der Waals surface area contributed by atoms with Crippen LogP contribution in [0.3, 0.4) is 0 Å². The molecule has 0 spiro atoms. The maximum Gasteiger partial charge on any atom is 0.472 e. The minimum Gasteiger partial charge on any atom is -0.462 e. The van der Waals surface area contributed by atoms with Crippen LogP contribution in [0, 0.1) is 0 Å². The van der Waals surface area contributed by atoms with Gasteiger partial charge in [-0.05, 0) is 104 Å². The number of phosphoric acid groups is 1. The van der Waals surface area contributed by atoms with Gasteiger partial charge in [-0.15, -0.1) is 0 Å². The molecular formula is C49H78NO8P. The van der Waals surface area contributed by atoms with Gasteiger partial charge in [-0.25, -0.2) is 4.57 Å². The van der Waals surface area contributed by atoms with Crippen molar-refractivity contribution in [3.05, 3.63) is 122 Å². The van der Waals surface area contributed by atoms with Crippen molar-refractivity contribution in [3.63, 3.8) is 0 Å². The molecule has 0 radical (unpaired) electrons. The number of likely N-dealkylation sites (N-methyl/N-ethyl adjacent to an activating group) is 1. The van der Waals surface area contributed by atoms with E-state index in [1.165, 1.54) is 25.7 Å². The lowest BCUT2D eigenvalue weighted by Crippen LogP contribution is -2.29. The van der Waals surface area contributed by atoms with E-state index in [9.17, 15) is 19.0 Å². The van der Waals surface area contributed by atoms with E-state index in [0.29, 0.717) is 19.4 Å². The predicted octanol–water partition coefficient (Wildman–Crippen LogP) is 12.8. The summed E-state index contributed by atoms with van der Waals surface area (Å²) in [5, 5.41) is 0. The molecule has 0 saturated carbocycles. The highest BCUT2D eigenvalue weighted by atomic mass is 31.2. The van der Waals surface area contributed by atoms with Crippen LogP contribution in [0.4, 0.5) is 0 Å². The number of carbonyl (C=O) groups is 2. The fourth-order valence-corrected chi connectivity index (χ4v) is 5.68. The summed E-state index contributed by atoms with van der Waals surface area (Å²) in [6.07, 6.45) is 57.0. The van der Waals surface area contributed by atoms with Crippen molar-refractivity contribution in [3.8, 4) is 0 Å². The van der Waals surface area contributed by atoms with Crippen molar-refractivity contribution < 1.29 is 37.6 Å². The molecule has 2 unspecified atom stereocenters. The SMILES string of the molecule is CC/C=C\C/C=C\C/C=C\C/C=C\C/C=C\CCCC(=O)OCC(COP(=O)(O)OCCN(C)C)OC(=O)CC/C=C\C/C=C\C/C=C\C/C=C\C/C=C\CCCCC. The molecule has 2 atom stereocenters. The lowest BCUT2D eigenvalue weighted by atomic mass is 10.2. The fourth-order valence-electron chi connectivity index (χ4n) is 4.94.